The van der Waals surface area contributed by atoms with Crippen LogP contribution in [0, 0.1) is 0 Å². The highest BCUT2D eigenvalue weighted by molar-refractivity contribution is 7.98. The van der Waals surface area contributed by atoms with Gasteiger partial charge in [0.1, 0.15) is 4.83 Å². The van der Waals surface area contributed by atoms with E-state index in [9.17, 15) is 4.79 Å². The molecule has 0 atom stereocenters. The van der Waals surface area contributed by atoms with E-state index in [4.69, 9.17) is 4.98 Å². The molecule has 0 aliphatic heterocycles. The molecule has 5 heteroatoms. The molecule has 5 rings (SSSR count). The number of fused-ring (bicyclic) bond motifs is 3. The minimum atomic E-state index is 0.108. The Kier molecular flexibility index (Phi) is 5.02. The molecule has 0 bridgehead atoms. The molecule has 2 heterocycles. The van der Waals surface area contributed by atoms with Gasteiger partial charge in [-0.25, -0.2) is 4.98 Å². The van der Waals surface area contributed by atoms with Crippen LogP contribution >= 0.6 is 23.1 Å². The van der Waals surface area contributed by atoms with Crippen LogP contribution in [0.4, 0.5) is 0 Å². The zero-order valence-electron chi connectivity index (χ0n) is 16.4. The van der Waals surface area contributed by atoms with E-state index in [2.05, 4.69) is 48.5 Å². The molecule has 2 aromatic heterocycles. The SMILES string of the molecule is Cn1c(SCc2ccc(-c3ccccc3)cc2)nc2sc3c(c2c1=O)CCCC3. The Hall–Kier alpha value is -2.37. The number of hydrogen-bond donors (Lipinski definition) is 0. The fourth-order valence-corrected chi connectivity index (χ4v) is 6.20. The minimum absolute atomic E-state index is 0.108. The Balaban J connectivity index is 1.39. The summed E-state index contributed by atoms with van der Waals surface area (Å²) in [4.78, 5) is 20.2. The van der Waals surface area contributed by atoms with E-state index >= 15 is 0 Å². The Bertz CT molecular complexity index is 1220. The topological polar surface area (TPSA) is 34.9 Å². The second-order valence-electron chi connectivity index (χ2n) is 7.50. The second-order valence-corrected chi connectivity index (χ2v) is 9.53. The third kappa shape index (κ3) is 3.53. The van der Waals surface area contributed by atoms with Crippen molar-refractivity contribution in [3.63, 3.8) is 0 Å². The molecule has 0 radical (unpaired) electrons. The lowest BCUT2D eigenvalue weighted by atomic mass is 9.97. The van der Waals surface area contributed by atoms with E-state index in [1.165, 1.54) is 40.0 Å². The first-order chi connectivity index (χ1) is 14.2. The fourth-order valence-electron chi connectivity index (χ4n) is 3.97. The monoisotopic (exact) mass is 418 g/mol. The van der Waals surface area contributed by atoms with Gasteiger partial charge >= 0.3 is 0 Å². The van der Waals surface area contributed by atoms with E-state index in [-0.39, 0.29) is 5.56 Å². The summed E-state index contributed by atoms with van der Waals surface area (Å²) < 4.78 is 1.73. The lowest BCUT2D eigenvalue weighted by Crippen LogP contribution is -2.20. The van der Waals surface area contributed by atoms with Crippen LogP contribution in [-0.2, 0) is 25.6 Å². The van der Waals surface area contributed by atoms with E-state index in [0.717, 1.165) is 34.0 Å². The van der Waals surface area contributed by atoms with Crippen LogP contribution in [0.15, 0.2) is 64.5 Å². The summed E-state index contributed by atoms with van der Waals surface area (Å²) in [5.74, 6) is 0.798. The first-order valence-corrected chi connectivity index (χ1v) is 11.8. The molecule has 4 aromatic rings. The maximum absolute atomic E-state index is 13.0. The van der Waals surface area contributed by atoms with Gasteiger partial charge in [-0.15, -0.1) is 11.3 Å². The van der Waals surface area contributed by atoms with Crippen LogP contribution in [0.3, 0.4) is 0 Å². The maximum Gasteiger partial charge on any atom is 0.262 e. The quantitative estimate of drug-likeness (QED) is 0.309. The molecule has 0 unspecified atom stereocenters. The number of rotatable bonds is 4. The molecular formula is C24H22N2OS2. The molecule has 0 fully saturated rings. The van der Waals surface area contributed by atoms with Crippen LogP contribution < -0.4 is 5.56 Å². The molecular weight excluding hydrogens is 396 g/mol. The largest absolute Gasteiger partial charge is 0.290 e. The van der Waals surface area contributed by atoms with Gasteiger partial charge in [0.25, 0.3) is 5.56 Å². The van der Waals surface area contributed by atoms with Crippen molar-refractivity contribution in [3.8, 4) is 11.1 Å². The molecule has 2 aromatic carbocycles. The van der Waals surface area contributed by atoms with Crippen molar-refractivity contribution in [1.29, 1.82) is 0 Å². The highest BCUT2D eigenvalue weighted by Gasteiger charge is 2.21. The van der Waals surface area contributed by atoms with Gasteiger partial charge in [-0.05, 0) is 47.9 Å². The summed E-state index contributed by atoms with van der Waals surface area (Å²) in [6.07, 6.45) is 4.51. The lowest BCUT2D eigenvalue weighted by Gasteiger charge is -2.11. The van der Waals surface area contributed by atoms with Crippen molar-refractivity contribution in [1.82, 2.24) is 9.55 Å². The number of thioether (sulfide) groups is 1. The summed E-state index contributed by atoms with van der Waals surface area (Å²) in [5.41, 5.74) is 5.04. The summed E-state index contributed by atoms with van der Waals surface area (Å²) in [6, 6.07) is 19.0. The molecule has 1 aliphatic carbocycles. The third-order valence-electron chi connectivity index (χ3n) is 5.58. The number of benzene rings is 2. The van der Waals surface area contributed by atoms with Gasteiger partial charge in [0.15, 0.2) is 5.16 Å². The summed E-state index contributed by atoms with van der Waals surface area (Å²) in [6.45, 7) is 0. The van der Waals surface area contributed by atoms with E-state index < -0.39 is 0 Å². The predicted octanol–water partition coefficient (Wildman–Crippen LogP) is 5.83. The standard InChI is InChI=1S/C24H22N2OS2/c1-26-23(27)21-19-9-5-6-10-20(19)29-22(21)25-24(26)28-15-16-11-13-18(14-12-16)17-7-3-2-4-8-17/h2-4,7-8,11-14H,5-6,9-10,15H2,1H3. The molecule has 0 amide bonds. The molecule has 3 nitrogen and oxygen atoms in total. The van der Waals surface area contributed by atoms with Crippen molar-refractivity contribution in [2.45, 2.75) is 36.6 Å². The van der Waals surface area contributed by atoms with Crippen molar-refractivity contribution in [3.05, 3.63) is 81.0 Å². The van der Waals surface area contributed by atoms with Gasteiger partial charge < -0.3 is 0 Å². The van der Waals surface area contributed by atoms with Gasteiger partial charge in [-0.2, -0.15) is 0 Å². The van der Waals surface area contributed by atoms with E-state index in [1.807, 2.05) is 13.1 Å². The Labute approximate surface area is 178 Å². The molecule has 0 saturated carbocycles. The first-order valence-electron chi connectivity index (χ1n) is 9.99. The molecule has 0 N–H and O–H groups in total. The van der Waals surface area contributed by atoms with E-state index in [1.54, 1.807) is 27.7 Å². The van der Waals surface area contributed by atoms with Crippen LogP contribution in [0.2, 0.25) is 0 Å². The van der Waals surface area contributed by atoms with Gasteiger partial charge in [-0.1, -0.05) is 66.4 Å². The van der Waals surface area contributed by atoms with Crippen molar-refractivity contribution in [2.75, 3.05) is 0 Å². The highest BCUT2D eigenvalue weighted by atomic mass is 32.2. The first kappa shape index (κ1) is 18.6. The summed E-state index contributed by atoms with van der Waals surface area (Å²) in [5, 5.41) is 1.66. The zero-order valence-corrected chi connectivity index (χ0v) is 18.0. The van der Waals surface area contributed by atoms with Crippen molar-refractivity contribution in [2.24, 2.45) is 7.05 Å². The normalized spacial score (nSPS) is 13.6. The molecule has 29 heavy (non-hydrogen) atoms. The second kappa shape index (κ2) is 7.81. The molecule has 146 valence electrons. The smallest absolute Gasteiger partial charge is 0.262 e. The maximum atomic E-state index is 13.0. The van der Waals surface area contributed by atoms with Crippen molar-refractivity contribution >= 4 is 33.3 Å². The number of aromatic nitrogens is 2. The van der Waals surface area contributed by atoms with Crippen LogP contribution in [0.5, 0.6) is 0 Å². The summed E-state index contributed by atoms with van der Waals surface area (Å²) in [7, 11) is 1.85. The van der Waals surface area contributed by atoms with Gasteiger partial charge in [0.2, 0.25) is 0 Å². The minimum Gasteiger partial charge on any atom is -0.290 e. The van der Waals surface area contributed by atoms with Gasteiger partial charge in [-0.3, -0.25) is 9.36 Å². The lowest BCUT2D eigenvalue weighted by molar-refractivity contribution is 0.695. The third-order valence-corrected chi connectivity index (χ3v) is 7.87. The number of nitrogens with zero attached hydrogens (tertiary/aromatic N) is 2. The number of hydrogen-bond acceptors (Lipinski definition) is 4. The molecule has 1 aliphatic rings. The predicted molar refractivity (Wildman–Crippen MR) is 123 cm³/mol. The van der Waals surface area contributed by atoms with Crippen LogP contribution in [0.25, 0.3) is 21.3 Å². The Morgan fingerprint density at radius 1 is 1.00 bits per heavy atom. The highest BCUT2D eigenvalue weighted by Crippen LogP contribution is 2.35. The number of aryl methyl sites for hydroxylation is 2. The average molecular weight is 419 g/mol. The average Bonchev–Trinajstić information content (AvgIpc) is 3.15. The number of thiophene rings is 1. The van der Waals surface area contributed by atoms with Gasteiger partial charge in [0.05, 0.1) is 5.39 Å². The molecule has 0 saturated heterocycles. The summed E-state index contributed by atoms with van der Waals surface area (Å²) >= 11 is 3.36. The van der Waals surface area contributed by atoms with Crippen LogP contribution in [-0.4, -0.2) is 9.55 Å². The van der Waals surface area contributed by atoms with Crippen LogP contribution in [0.1, 0.15) is 28.8 Å². The van der Waals surface area contributed by atoms with Gasteiger partial charge in [0, 0.05) is 17.7 Å². The zero-order chi connectivity index (χ0) is 19.8. The Morgan fingerprint density at radius 3 is 2.52 bits per heavy atom. The fraction of sp³-hybridized carbons (Fsp3) is 0.250. The van der Waals surface area contributed by atoms with E-state index in [0.29, 0.717) is 0 Å². The molecule has 0 spiro atoms. The van der Waals surface area contributed by atoms with Crippen molar-refractivity contribution < 1.29 is 0 Å². The Morgan fingerprint density at radius 2 is 1.72 bits per heavy atom.